The second-order valence-electron chi connectivity index (χ2n) is 5.77. The lowest BCUT2D eigenvalue weighted by molar-refractivity contribution is -0.140. The molecule has 0 spiro atoms. The maximum atomic E-state index is 11.8. The Balaban J connectivity index is 2.33. The molecule has 0 saturated heterocycles. The normalized spacial score (nSPS) is 19.8. The topological polar surface area (TPSA) is 78.4 Å². The summed E-state index contributed by atoms with van der Waals surface area (Å²) in [4.78, 5) is 23.5. The second kappa shape index (κ2) is 8.52. The molecule has 1 fully saturated rings. The minimum Gasteiger partial charge on any atom is -0.387 e. The van der Waals surface area contributed by atoms with Gasteiger partial charge in [-0.2, -0.15) is 11.8 Å². The summed E-state index contributed by atoms with van der Waals surface area (Å²) in [5.74, 6) is -0.732. The predicted octanol–water partition coefficient (Wildman–Crippen LogP) is 1.06. The first-order chi connectivity index (χ1) is 9.44. The van der Waals surface area contributed by atoms with Gasteiger partial charge in [0.15, 0.2) is 0 Å². The third-order valence-corrected chi connectivity index (χ3v) is 4.39. The molecule has 1 aliphatic rings. The second-order valence-corrected chi connectivity index (χ2v) is 6.64. The quantitative estimate of drug-likeness (QED) is 0.524. The molecular formula is C14H26N2O3S. The third-order valence-electron chi connectivity index (χ3n) is 3.48. The average Bonchev–Trinajstić information content (AvgIpc) is 2.64. The van der Waals surface area contributed by atoms with Crippen molar-refractivity contribution >= 4 is 23.6 Å². The minimum absolute atomic E-state index is 0.0881. The van der Waals surface area contributed by atoms with Crippen LogP contribution < -0.4 is 10.6 Å². The van der Waals surface area contributed by atoms with Gasteiger partial charge < -0.3 is 15.7 Å². The summed E-state index contributed by atoms with van der Waals surface area (Å²) in [5.41, 5.74) is -0.988. The van der Waals surface area contributed by atoms with Crippen molar-refractivity contribution in [3.05, 3.63) is 0 Å². The van der Waals surface area contributed by atoms with Crippen molar-refractivity contribution in [1.82, 2.24) is 10.6 Å². The predicted molar refractivity (Wildman–Crippen MR) is 81.6 cm³/mol. The van der Waals surface area contributed by atoms with Crippen molar-refractivity contribution in [3.63, 3.8) is 0 Å². The summed E-state index contributed by atoms with van der Waals surface area (Å²) in [6, 6.07) is 0.113. The maximum absolute atomic E-state index is 11.8. The maximum Gasteiger partial charge on any atom is 0.309 e. The number of carbonyl (C=O) groups is 2. The number of hydrogen-bond donors (Lipinski definition) is 3. The lowest BCUT2D eigenvalue weighted by atomic mass is 10.1. The van der Waals surface area contributed by atoms with Crippen LogP contribution in [0.15, 0.2) is 0 Å². The van der Waals surface area contributed by atoms with E-state index in [2.05, 4.69) is 10.6 Å². The first-order valence-corrected chi connectivity index (χ1v) is 8.64. The summed E-state index contributed by atoms with van der Waals surface area (Å²) >= 11 is 1.50. The summed E-state index contributed by atoms with van der Waals surface area (Å²) in [6.07, 6.45) is 8.40. The first kappa shape index (κ1) is 17.3. The van der Waals surface area contributed by atoms with Gasteiger partial charge in [0.25, 0.3) is 0 Å². The fraction of sp³-hybridized carbons (Fsp3) is 0.857. The van der Waals surface area contributed by atoms with Crippen LogP contribution in [0, 0.1) is 0 Å². The SMILES string of the molecule is CSCC(C)(O)CNC(=O)C(=O)NC1CCCCCC1. The largest absolute Gasteiger partial charge is 0.387 e. The molecule has 0 bridgehead atoms. The zero-order chi connectivity index (χ0) is 15.0. The molecule has 0 aromatic heterocycles. The number of amides is 2. The highest BCUT2D eigenvalue weighted by Gasteiger charge is 2.24. The molecule has 20 heavy (non-hydrogen) atoms. The Morgan fingerprint density at radius 1 is 1.20 bits per heavy atom. The van der Waals surface area contributed by atoms with E-state index < -0.39 is 17.4 Å². The smallest absolute Gasteiger partial charge is 0.309 e. The standard InChI is InChI=1S/C14H26N2O3S/c1-14(19,10-20-2)9-15-12(17)13(18)16-11-7-5-3-4-6-8-11/h11,19H,3-10H2,1-2H3,(H,15,17)(H,16,18). The van der Waals surface area contributed by atoms with E-state index in [9.17, 15) is 14.7 Å². The number of aliphatic hydroxyl groups is 1. The van der Waals surface area contributed by atoms with E-state index in [0.29, 0.717) is 5.75 Å². The molecule has 3 N–H and O–H groups in total. The van der Waals surface area contributed by atoms with Gasteiger partial charge in [-0.15, -0.1) is 0 Å². The van der Waals surface area contributed by atoms with E-state index in [1.54, 1.807) is 6.92 Å². The fourth-order valence-electron chi connectivity index (χ4n) is 2.39. The number of thioether (sulfide) groups is 1. The molecule has 0 aromatic carbocycles. The lowest BCUT2D eigenvalue weighted by Gasteiger charge is -2.22. The van der Waals surface area contributed by atoms with Gasteiger partial charge in [-0.25, -0.2) is 0 Å². The van der Waals surface area contributed by atoms with Crippen molar-refractivity contribution in [2.45, 2.75) is 57.1 Å². The van der Waals surface area contributed by atoms with E-state index in [4.69, 9.17) is 0 Å². The summed E-state index contributed by atoms with van der Waals surface area (Å²) in [7, 11) is 0. The van der Waals surface area contributed by atoms with Crippen LogP contribution in [-0.4, -0.2) is 47.1 Å². The Kier molecular flexibility index (Phi) is 7.37. The van der Waals surface area contributed by atoms with Crippen LogP contribution in [0.3, 0.4) is 0 Å². The molecule has 2 amide bonds. The van der Waals surface area contributed by atoms with Gasteiger partial charge in [-0.1, -0.05) is 25.7 Å². The number of nitrogens with one attached hydrogen (secondary N) is 2. The molecule has 0 radical (unpaired) electrons. The van der Waals surface area contributed by atoms with Crippen molar-refractivity contribution in [1.29, 1.82) is 0 Å². The highest BCUT2D eigenvalue weighted by molar-refractivity contribution is 7.98. The molecule has 1 aliphatic carbocycles. The number of hydrogen-bond acceptors (Lipinski definition) is 4. The van der Waals surface area contributed by atoms with Crippen LogP contribution in [-0.2, 0) is 9.59 Å². The molecule has 0 heterocycles. The molecule has 1 atom stereocenters. The van der Waals surface area contributed by atoms with Crippen LogP contribution in [0.25, 0.3) is 0 Å². The molecule has 116 valence electrons. The van der Waals surface area contributed by atoms with Gasteiger partial charge >= 0.3 is 11.8 Å². The summed E-state index contributed by atoms with van der Waals surface area (Å²) in [5, 5.41) is 15.2. The minimum atomic E-state index is -0.988. The Bertz CT molecular complexity index is 326. The van der Waals surface area contributed by atoms with Gasteiger partial charge in [-0.05, 0) is 26.0 Å². The van der Waals surface area contributed by atoms with E-state index in [0.717, 1.165) is 25.7 Å². The van der Waals surface area contributed by atoms with Crippen LogP contribution in [0.2, 0.25) is 0 Å². The molecule has 1 saturated carbocycles. The Hall–Kier alpha value is -0.750. The van der Waals surface area contributed by atoms with E-state index >= 15 is 0 Å². The molecule has 0 aromatic rings. The molecule has 1 rings (SSSR count). The Morgan fingerprint density at radius 2 is 1.80 bits per heavy atom. The molecule has 0 aliphatic heterocycles. The van der Waals surface area contributed by atoms with E-state index in [1.165, 1.54) is 24.6 Å². The highest BCUT2D eigenvalue weighted by atomic mass is 32.2. The summed E-state index contributed by atoms with van der Waals surface area (Å²) < 4.78 is 0. The van der Waals surface area contributed by atoms with E-state index in [-0.39, 0.29) is 12.6 Å². The molecule has 1 unspecified atom stereocenters. The molecular weight excluding hydrogens is 276 g/mol. The van der Waals surface area contributed by atoms with Gasteiger partial charge in [0.1, 0.15) is 0 Å². The summed E-state index contributed by atoms with van der Waals surface area (Å²) in [6.45, 7) is 1.73. The van der Waals surface area contributed by atoms with E-state index in [1.807, 2.05) is 6.26 Å². The average molecular weight is 302 g/mol. The zero-order valence-electron chi connectivity index (χ0n) is 12.4. The fourth-order valence-corrected chi connectivity index (χ4v) is 3.11. The van der Waals surface area contributed by atoms with Crippen molar-refractivity contribution in [2.24, 2.45) is 0 Å². The highest BCUT2D eigenvalue weighted by Crippen LogP contribution is 2.17. The van der Waals surface area contributed by atoms with Crippen molar-refractivity contribution in [2.75, 3.05) is 18.6 Å². The van der Waals surface area contributed by atoms with Gasteiger partial charge in [0.2, 0.25) is 0 Å². The first-order valence-electron chi connectivity index (χ1n) is 7.24. The van der Waals surface area contributed by atoms with Crippen molar-refractivity contribution < 1.29 is 14.7 Å². The Morgan fingerprint density at radius 3 is 2.35 bits per heavy atom. The van der Waals surface area contributed by atoms with Crippen molar-refractivity contribution in [3.8, 4) is 0 Å². The van der Waals surface area contributed by atoms with Crippen LogP contribution in [0.5, 0.6) is 0 Å². The van der Waals surface area contributed by atoms with Gasteiger partial charge in [0, 0.05) is 18.3 Å². The van der Waals surface area contributed by atoms with Crippen LogP contribution in [0.4, 0.5) is 0 Å². The monoisotopic (exact) mass is 302 g/mol. The molecule has 5 nitrogen and oxygen atoms in total. The van der Waals surface area contributed by atoms with Gasteiger partial charge in [-0.3, -0.25) is 9.59 Å². The zero-order valence-corrected chi connectivity index (χ0v) is 13.2. The van der Waals surface area contributed by atoms with Crippen LogP contribution in [0.1, 0.15) is 45.4 Å². The lowest BCUT2D eigenvalue weighted by Crippen LogP contribution is -2.49. The molecule has 6 heteroatoms. The Labute approximate surface area is 125 Å². The third kappa shape index (κ3) is 6.61. The van der Waals surface area contributed by atoms with Crippen LogP contribution >= 0.6 is 11.8 Å². The number of rotatable bonds is 5. The number of carbonyl (C=O) groups excluding carboxylic acids is 2. The van der Waals surface area contributed by atoms with Gasteiger partial charge in [0.05, 0.1) is 5.60 Å².